The molecule has 1 unspecified atom stereocenters. The third-order valence-corrected chi connectivity index (χ3v) is 5.67. The number of ether oxygens (including phenoxy) is 1. The number of hydrogen-bond donors (Lipinski definition) is 1. The van der Waals surface area contributed by atoms with Gasteiger partial charge in [0.25, 0.3) is 0 Å². The van der Waals surface area contributed by atoms with E-state index in [4.69, 9.17) is 9.84 Å². The van der Waals surface area contributed by atoms with Crippen LogP contribution in [0.1, 0.15) is 50.5 Å². The van der Waals surface area contributed by atoms with Crippen LogP contribution in [0.4, 0.5) is 0 Å². The summed E-state index contributed by atoms with van der Waals surface area (Å²) in [5.74, 6) is 0.767. The number of unbranched alkanes of at least 4 members (excludes halogenated alkanes) is 3. The van der Waals surface area contributed by atoms with Crippen molar-refractivity contribution >= 4 is 17.7 Å². The third kappa shape index (κ3) is 8.22. The summed E-state index contributed by atoms with van der Waals surface area (Å²) in [5, 5.41) is 8.69. The third-order valence-electron chi connectivity index (χ3n) is 5.67. The predicted molar refractivity (Wildman–Crippen MR) is 126 cm³/mol. The molecule has 33 heavy (non-hydrogen) atoms. The molecule has 0 bridgehead atoms. The average molecular weight is 450 g/mol. The summed E-state index contributed by atoms with van der Waals surface area (Å²) in [4.78, 5) is 37.2. The Morgan fingerprint density at radius 1 is 1.00 bits per heavy atom. The highest BCUT2D eigenvalue weighted by molar-refractivity contribution is 5.91. The van der Waals surface area contributed by atoms with Gasteiger partial charge in [-0.05, 0) is 55.2 Å². The van der Waals surface area contributed by atoms with Gasteiger partial charge < -0.3 is 14.7 Å². The number of amides is 1. The van der Waals surface area contributed by atoms with Crippen LogP contribution in [0.15, 0.2) is 66.7 Å². The Labute approximate surface area is 194 Å². The van der Waals surface area contributed by atoms with E-state index in [0.29, 0.717) is 25.1 Å². The summed E-state index contributed by atoms with van der Waals surface area (Å²) < 4.78 is 5.84. The Morgan fingerprint density at radius 3 is 2.55 bits per heavy atom. The standard InChI is InChI=1S/C27H31NO5/c29-23(19-21-9-8-12-25(20-21)33-24-10-4-3-5-11-24)16-14-22-15-17-26(30)28(22)18-7-2-1-6-13-27(31)32/h3-5,8-12,14,16,20,22H,1-2,6-7,13,15,17-19H2,(H,31,32)/b16-14+. The van der Waals surface area contributed by atoms with Crippen molar-refractivity contribution in [3.63, 3.8) is 0 Å². The van der Waals surface area contributed by atoms with Gasteiger partial charge in [-0.25, -0.2) is 0 Å². The zero-order valence-corrected chi connectivity index (χ0v) is 18.8. The van der Waals surface area contributed by atoms with E-state index in [-0.39, 0.29) is 30.6 Å². The first kappa shape index (κ1) is 24.2. The summed E-state index contributed by atoms with van der Waals surface area (Å²) in [6.07, 6.45) is 8.38. The lowest BCUT2D eigenvalue weighted by Gasteiger charge is -2.22. The number of para-hydroxylation sites is 1. The molecule has 1 atom stereocenters. The van der Waals surface area contributed by atoms with Crippen LogP contribution >= 0.6 is 0 Å². The van der Waals surface area contributed by atoms with Crippen LogP contribution in [-0.4, -0.2) is 40.3 Å². The largest absolute Gasteiger partial charge is 0.481 e. The fourth-order valence-electron chi connectivity index (χ4n) is 3.98. The lowest BCUT2D eigenvalue weighted by Crippen LogP contribution is -2.32. The van der Waals surface area contributed by atoms with Crippen molar-refractivity contribution in [2.75, 3.05) is 6.54 Å². The maximum atomic E-state index is 12.5. The van der Waals surface area contributed by atoms with Crippen molar-refractivity contribution in [1.82, 2.24) is 4.90 Å². The van der Waals surface area contributed by atoms with Gasteiger partial charge in [0.1, 0.15) is 11.5 Å². The first-order chi connectivity index (χ1) is 16.0. The Hall–Kier alpha value is -3.41. The molecule has 1 amide bonds. The molecule has 2 aromatic rings. The predicted octanol–water partition coefficient (Wildman–Crippen LogP) is 5.17. The van der Waals surface area contributed by atoms with Gasteiger partial charge in [0.15, 0.2) is 5.78 Å². The molecule has 1 aliphatic rings. The van der Waals surface area contributed by atoms with E-state index in [2.05, 4.69) is 0 Å². The fraction of sp³-hybridized carbons (Fsp3) is 0.370. The minimum atomic E-state index is -0.768. The highest BCUT2D eigenvalue weighted by Gasteiger charge is 2.28. The maximum absolute atomic E-state index is 12.5. The number of carboxylic acids is 1. The molecule has 1 N–H and O–H groups in total. The van der Waals surface area contributed by atoms with Gasteiger partial charge in [-0.15, -0.1) is 0 Å². The Kier molecular flexibility index (Phi) is 9.24. The molecule has 0 aliphatic carbocycles. The van der Waals surface area contributed by atoms with Crippen molar-refractivity contribution in [3.8, 4) is 11.5 Å². The van der Waals surface area contributed by atoms with E-state index in [0.717, 1.165) is 37.0 Å². The maximum Gasteiger partial charge on any atom is 0.303 e. The van der Waals surface area contributed by atoms with Crippen LogP contribution < -0.4 is 4.74 Å². The number of carboxylic acid groups (broad SMARTS) is 1. The zero-order chi connectivity index (χ0) is 23.5. The van der Waals surface area contributed by atoms with Gasteiger partial charge in [0, 0.05) is 25.8 Å². The minimum absolute atomic E-state index is 0.0140. The first-order valence-electron chi connectivity index (χ1n) is 11.6. The number of carbonyl (C=O) groups is 3. The van der Waals surface area contributed by atoms with Crippen molar-refractivity contribution in [2.45, 2.75) is 57.4 Å². The van der Waals surface area contributed by atoms with Crippen LogP contribution in [0, 0.1) is 0 Å². The molecule has 1 saturated heterocycles. The number of rotatable bonds is 13. The summed E-state index contributed by atoms with van der Waals surface area (Å²) >= 11 is 0. The van der Waals surface area contributed by atoms with Crippen molar-refractivity contribution in [2.24, 2.45) is 0 Å². The van der Waals surface area contributed by atoms with Gasteiger partial charge in [0.2, 0.25) is 5.91 Å². The van der Waals surface area contributed by atoms with Gasteiger partial charge in [-0.2, -0.15) is 0 Å². The number of hydrogen-bond acceptors (Lipinski definition) is 4. The monoisotopic (exact) mass is 449 g/mol. The average Bonchev–Trinajstić information content (AvgIpc) is 3.15. The topological polar surface area (TPSA) is 83.9 Å². The fourth-order valence-corrected chi connectivity index (χ4v) is 3.98. The number of likely N-dealkylation sites (tertiary alicyclic amines) is 1. The van der Waals surface area contributed by atoms with Crippen molar-refractivity contribution in [3.05, 3.63) is 72.3 Å². The van der Waals surface area contributed by atoms with Gasteiger partial charge in [-0.3, -0.25) is 14.4 Å². The van der Waals surface area contributed by atoms with E-state index in [1.807, 2.05) is 65.6 Å². The van der Waals surface area contributed by atoms with E-state index < -0.39 is 5.97 Å². The summed E-state index contributed by atoms with van der Waals surface area (Å²) in [6, 6.07) is 17.0. The van der Waals surface area contributed by atoms with Crippen LogP contribution in [0.3, 0.4) is 0 Å². The number of nitrogens with zero attached hydrogens (tertiary/aromatic N) is 1. The van der Waals surface area contributed by atoms with E-state index >= 15 is 0 Å². The second-order valence-corrected chi connectivity index (χ2v) is 8.32. The number of ketones is 1. The first-order valence-corrected chi connectivity index (χ1v) is 11.6. The Balaban J connectivity index is 1.47. The number of allylic oxidation sites excluding steroid dienone is 1. The Bertz CT molecular complexity index is 969. The smallest absolute Gasteiger partial charge is 0.303 e. The molecule has 6 nitrogen and oxygen atoms in total. The second kappa shape index (κ2) is 12.6. The number of carbonyl (C=O) groups excluding carboxylic acids is 2. The molecule has 0 radical (unpaired) electrons. The van der Waals surface area contributed by atoms with Crippen LogP contribution in [0.2, 0.25) is 0 Å². The lowest BCUT2D eigenvalue weighted by atomic mass is 10.1. The highest BCUT2D eigenvalue weighted by Crippen LogP contribution is 2.23. The normalized spacial score (nSPS) is 15.8. The molecule has 6 heteroatoms. The molecule has 0 saturated carbocycles. The quantitative estimate of drug-likeness (QED) is 0.337. The molecule has 0 aromatic heterocycles. The summed E-state index contributed by atoms with van der Waals surface area (Å²) in [7, 11) is 0. The molecule has 174 valence electrons. The molecule has 0 spiro atoms. The zero-order valence-electron chi connectivity index (χ0n) is 18.8. The molecular weight excluding hydrogens is 418 g/mol. The molecule has 1 fully saturated rings. The van der Waals surface area contributed by atoms with Gasteiger partial charge >= 0.3 is 5.97 Å². The van der Waals surface area contributed by atoms with E-state index in [9.17, 15) is 14.4 Å². The number of benzene rings is 2. The number of aliphatic carboxylic acids is 1. The van der Waals surface area contributed by atoms with E-state index in [1.54, 1.807) is 6.08 Å². The molecule has 1 aliphatic heterocycles. The molecule has 1 heterocycles. The van der Waals surface area contributed by atoms with Gasteiger partial charge in [-0.1, -0.05) is 49.2 Å². The SMILES string of the molecule is O=C(O)CCCCCCN1C(=O)CCC1/C=C/C(=O)Cc1cccc(Oc2ccccc2)c1. The highest BCUT2D eigenvalue weighted by atomic mass is 16.5. The molecular formula is C27H31NO5. The van der Waals surface area contributed by atoms with Crippen molar-refractivity contribution in [1.29, 1.82) is 0 Å². The van der Waals surface area contributed by atoms with E-state index in [1.165, 1.54) is 0 Å². The van der Waals surface area contributed by atoms with Crippen LogP contribution in [0.25, 0.3) is 0 Å². The molecule has 3 rings (SSSR count). The molecule has 2 aromatic carbocycles. The Morgan fingerprint density at radius 2 is 1.76 bits per heavy atom. The summed E-state index contributed by atoms with van der Waals surface area (Å²) in [5.41, 5.74) is 0.874. The summed E-state index contributed by atoms with van der Waals surface area (Å²) in [6.45, 7) is 0.647. The van der Waals surface area contributed by atoms with Crippen LogP contribution in [0.5, 0.6) is 11.5 Å². The van der Waals surface area contributed by atoms with Crippen LogP contribution in [-0.2, 0) is 20.8 Å². The van der Waals surface area contributed by atoms with Gasteiger partial charge in [0.05, 0.1) is 6.04 Å². The second-order valence-electron chi connectivity index (χ2n) is 8.32. The lowest BCUT2D eigenvalue weighted by molar-refractivity contribution is -0.137. The minimum Gasteiger partial charge on any atom is -0.481 e. The van der Waals surface area contributed by atoms with Crippen molar-refractivity contribution < 1.29 is 24.2 Å².